The second kappa shape index (κ2) is 6.91. The van der Waals surface area contributed by atoms with Crippen LogP contribution in [0.3, 0.4) is 0 Å². The lowest BCUT2D eigenvalue weighted by Gasteiger charge is -2.09. The molecule has 1 aliphatic rings. The highest BCUT2D eigenvalue weighted by Gasteiger charge is 2.21. The van der Waals surface area contributed by atoms with E-state index in [1.165, 1.54) is 0 Å². The van der Waals surface area contributed by atoms with Crippen molar-refractivity contribution in [3.8, 4) is 0 Å². The van der Waals surface area contributed by atoms with Gasteiger partial charge in [-0.3, -0.25) is 0 Å². The number of ether oxygens (including phenoxy) is 1. The molecule has 0 spiro atoms. The predicted molar refractivity (Wildman–Crippen MR) is 81.5 cm³/mol. The maximum absolute atomic E-state index is 12.3. The van der Waals surface area contributed by atoms with Crippen molar-refractivity contribution in [2.75, 3.05) is 19.8 Å². The van der Waals surface area contributed by atoms with Crippen molar-refractivity contribution in [2.45, 2.75) is 37.8 Å². The van der Waals surface area contributed by atoms with Crippen LogP contribution in [-0.2, 0) is 28.4 Å². The second-order valence-corrected chi connectivity index (χ2v) is 7.66. The van der Waals surface area contributed by atoms with Crippen LogP contribution in [0, 0.1) is 5.92 Å². The Labute approximate surface area is 126 Å². The molecule has 1 aromatic rings. The zero-order valence-electron chi connectivity index (χ0n) is 12.9. The van der Waals surface area contributed by atoms with Gasteiger partial charge in [0.05, 0.1) is 11.5 Å². The fraction of sp³-hybridized carbons (Fsp3) is 0.714. The summed E-state index contributed by atoms with van der Waals surface area (Å²) in [6, 6.07) is 2.09. The average molecular weight is 315 g/mol. The molecule has 0 bridgehead atoms. The van der Waals surface area contributed by atoms with E-state index >= 15 is 0 Å². The van der Waals surface area contributed by atoms with Gasteiger partial charge in [-0.1, -0.05) is 13.8 Å². The van der Waals surface area contributed by atoms with Crippen LogP contribution in [0.5, 0.6) is 0 Å². The molecule has 1 unspecified atom stereocenters. The second-order valence-electron chi connectivity index (χ2n) is 5.90. The first-order chi connectivity index (χ1) is 9.88. The molecule has 1 saturated heterocycles. The van der Waals surface area contributed by atoms with Gasteiger partial charge in [-0.05, 0) is 18.4 Å². The van der Waals surface area contributed by atoms with Crippen molar-refractivity contribution >= 4 is 10.0 Å². The van der Waals surface area contributed by atoms with Crippen molar-refractivity contribution < 1.29 is 13.2 Å². The van der Waals surface area contributed by atoms with Crippen LogP contribution in [0.4, 0.5) is 0 Å². The molecule has 1 fully saturated rings. The Morgan fingerprint density at radius 1 is 1.48 bits per heavy atom. The van der Waals surface area contributed by atoms with E-state index in [-0.39, 0.29) is 5.92 Å². The first-order valence-electron chi connectivity index (χ1n) is 7.34. The molecule has 1 atom stereocenters. The number of rotatable bonds is 7. The van der Waals surface area contributed by atoms with Crippen molar-refractivity contribution in [1.82, 2.24) is 14.6 Å². The molecule has 7 heteroatoms. The smallest absolute Gasteiger partial charge is 0.242 e. The number of nitrogens with zero attached hydrogens (tertiary/aromatic N) is 1. The van der Waals surface area contributed by atoms with Crippen LogP contribution < -0.4 is 10.0 Å². The SMILES string of the molecule is CC(C)NCc1cc(S(=O)(=O)NCC2CCOC2)cn1C. The number of aryl methyl sites for hydroxylation is 1. The van der Waals surface area contributed by atoms with Gasteiger partial charge in [-0.2, -0.15) is 0 Å². The zero-order chi connectivity index (χ0) is 15.5. The first kappa shape index (κ1) is 16.5. The summed E-state index contributed by atoms with van der Waals surface area (Å²) in [5, 5.41) is 3.29. The van der Waals surface area contributed by atoms with Gasteiger partial charge in [0, 0.05) is 44.7 Å². The van der Waals surface area contributed by atoms with Crippen LogP contribution in [-0.4, -0.2) is 38.8 Å². The zero-order valence-corrected chi connectivity index (χ0v) is 13.7. The maximum Gasteiger partial charge on any atom is 0.242 e. The maximum atomic E-state index is 12.3. The van der Waals surface area contributed by atoms with E-state index < -0.39 is 10.0 Å². The molecular formula is C14H25N3O3S. The third-order valence-electron chi connectivity index (χ3n) is 3.67. The van der Waals surface area contributed by atoms with Gasteiger partial charge < -0.3 is 14.6 Å². The van der Waals surface area contributed by atoms with Crippen molar-refractivity contribution in [3.05, 3.63) is 18.0 Å². The summed E-state index contributed by atoms with van der Waals surface area (Å²) in [4.78, 5) is 0.324. The standard InChI is InChI=1S/C14H25N3O3S/c1-11(2)15-8-13-6-14(9-17(13)3)21(18,19)16-7-12-4-5-20-10-12/h6,9,11-12,15-16H,4-5,7-8,10H2,1-3H3. The molecule has 1 aliphatic heterocycles. The van der Waals surface area contributed by atoms with Crippen molar-refractivity contribution in [3.63, 3.8) is 0 Å². The normalized spacial score (nSPS) is 19.5. The summed E-state index contributed by atoms with van der Waals surface area (Å²) in [5.74, 6) is 0.283. The van der Waals surface area contributed by atoms with Gasteiger partial charge in [0.1, 0.15) is 0 Å². The Bertz CT molecular complexity index is 560. The van der Waals surface area contributed by atoms with Crippen molar-refractivity contribution in [1.29, 1.82) is 0 Å². The third kappa shape index (κ3) is 4.54. The molecule has 0 amide bonds. The minimum atomic E-state index is -3.44. The van der Waals surface area contributed by atoms with Gasteiger partial charge in [-0.15, -0.1) is 0 Å². The Hall–Kier alpha value is -0.890. The Balaban J connectivity index is 2.00. The van der Waals surface area contributed by atoms with E-state index in [2.05, 4.69) is 23.9 Å². The monoisotopic (exact) mass is 315 g/mol. The minimum absolute atomic E-state index is 0.283. The molecule has 2 heterocycles. The molecular weight excluding hydrogens is 290 g/mol. The Morgan fingerprint density at radius 2 is 2.24 bits per heavy atom. The van der Waals surface area contributed by atoms with Crippen LogP contribution in [0.1, 0.15) is 26.0 Å². The third-order valence-corrected chi connectivity index (χ3v) is 5.06. The topological polar surface area (TPSA) is 72.4 Å². The molecule has 2 N–H and O–H groups in total. The van der Waals surface area contributed by atoms with Gasteiger partial charge in [0.25, 0.3) is 0 Å². The van der Waals surface area contributed by atoms with E-state index in [9.17, 15) is 8.42 Å². The lowest BCUT2D eigenvalue weighted by molar-refractivity contribution is 0.186. The van der Waals surface area contributed by atoms with E-state index in [4.69, 9.17) is 4.74 Å². The number of hydrogen-bond donors (Lipinski definition) is 2. The highest BCUT2D eigenvalue weighted by atomic mass is 32.2. The Kier molecular flexibility index (Phi) is 5.43. The number of sulfonamides is 1. The summed E-state index contributed by atoms with van der Waals surface area (Å²) in [7, 11) is -1.58. The van der Waals surface area contributed by atoms with Crippen LogP contribution >= 0.6 is 0 Å². The van der Waals surface area contributed by atoms with Crippen LogP contribution in [0.2, 0.25) is 0 Å². The highest BCUT2D eigenvalue weighted by molar-refractivity contribution is 7.89. The molecule has 0 saturated carbocycles. The Morgan fingerprint density at radius 3 is 2.86 bits per heavy atom. The first-order valence-corrected chi connectivity index (χ1v) is 8.83. The highest BCUT2D eigenvalue weighted by Crippen LogP contribution is 2.16. The summed E-state index contributed by atoms with van der Waals surface area (Å²) >= 11 is 0. The minimum Gasteiger partial charge on any atom is -0.381 e. The molecule has 0 radical (unpaired) electrons. The predicted octanol–water partition coefficient (Wildman–Crippen LogP) is 0.838. The fourth-order valence-electron chi connectivity index (χ4n) is 2.26. The molecule has 0 aliphatic carbocycles. The van der Waals surface area contributed by atoms with E-state index in [0.29, 0.717) is 30.6 Å². The van der Waals surface area contributed by atoms with Gasteiger partial charge in [-0.25, -0.2) is 13.1 Å². The molecule has 1 aromatic heterocycles. The summed E-state index contributed by atoms with van der Waals surface area (Å²) in [5.41, 5.74) is 0.952. The lowest BCUT2D eigenvalue weighted by atomic mass is 10.1. The van der Waals surface area contributed by atoms with Gasteiger partial charge >= 0.3 is 0 Å². The largest absolute Gasteiger partial charge is 0.381 e. The molecule has 6 nitrogen and oxygen atoms in total. The molecule has 21 heavy (non-hydrogen) atoms. The van der Waals surface area contributed by atoms with Gasteiger partial charge in [0.15, 0.2) is 0 Å². The summed E-state index contributed by atoms with van der Waals surface area (Å²) in [6.07, 6.45) is 2.58. The van der Waals surface area contributed by atoms with Crippen molar-refractivity contribution in [2.24, 2.45) is 13.0 Å². The van der Waals surface area contributed by atoms with E-state index in [1.54, 1.807) is 12.3 Å². The number of nitrogens with one attached hydrogen (secondary N) is 2. The number of aromatic nitrogens is 1. The van der Waals surface area contributed by atoms with Crippen LogP contribution in [0.25, 0.3) is 0 Å². The van der Waals surface area contributed by atoms with Gasteiger partial charge in [0.2, 0.25) is 10.0 Å². The van der Waals surface area contributed by atoms with Crippen LogP contribution in [0.15, 0.2) is 17.2 Å². The lowest BCUT2D eigenvalue weighted by Crippen LogP contribution is -2.29. The average Bonchev–Trinajstić information content (AvgIpc) is 3.04. The van der Waals surface area contributed by atoms with E-state index in [0.717, 1.165) is 18.7 Å². The molecule has 120 valence electrons. The number of hydrogen-bond acceptors (Lipinski definition) is 4. The molecule has 2 rings (SSSR count). The quantitative estimate of drug-likeness (QED) is 0.782. The fourth-order valence-corrected chi connectivity index (χ4v) is 3.47. The molecule has 0 aromatic carbocycles. The van der Waals surface area contributed by atoms with E-state index in [1.807, 2.05) is 11.6 Å². The summed E-state index contributed by atoms with van der Waals surface area (Å²) in [6.45, 7) is 6.58. The summed E-state index contributed by atoms with van der Waals surface area (Å²) < 4.78 is 34.4.